The summed E-state index contributed by atoms with van der Waals surface area (Å²) in [5.41, 5.74) is -3.16. The third kappa shape index (κ3) is 7.70. The fourth-order valence-electron chi connectivity index (χ4n) is 4.84. The van der Waals surface area contributed by atoms with Gasteiger partial charge in [0.1, 0.15) is 18.0 Å². The number of halogens is 5. The van der Waals surface area contributed by atoms with Gasteiger partial charge in [0, 0.05) is 29.3 Å². The van der Waals surface area contributed by atoms with Gasteiger partial charge in [-0.2, -0.15) is 25.9 Å². The Kier molecular flexibility index (Phi) is 9.56. The molecule has 0 N–H and O–H groups in total. The van der Waals surface area contributed by atoms with Crippen molar-refractivity contribution in [1.29, 1.82) is 0 Å². The fourth-order valence-corrected chi connectivity index (χ4v) is 7.07. The Morgan fingerprint density at radius 3 is 2.45 bits per heavy atom. The number of hydrogen-bond acceptors (Lipinski definition) is 7. The molecule has 0 bridgehead atoms. The van der Waals surface area contributed by atoms with Crippen LogP contribution in [0, 0.1) is 11.6 Å². The van der Waals surface area contributed by atoms with Gasteiger partial charge in [-0.05, 0) is 67.8 Å². The number of benzene rings is 3. The number of amides is 1. The molecular weight excluding hydrogens is 663 g/mol. The molecule has 0 radical (unpaired) electrons. The number of pyridine rings is 1. The van der Waals surface area contributed by atoms with Gasteiger partial charge in [0.05, 0.1) is 16.5 Å². The van der Waals surface area contributed by atoms with Crippen LogP contribution in [0.2, 0.25) is 0 Å². The Morgan fingerprint density at radius 2 is 1.72 bits per heavy atom. The van der Waals surface area contributed by atoms with Gasteiger partial charge in [0.25, 0.3) is 0 Å². The van der Waals surface area contributed by atoms with Gasteiger partial charge >= 0.3 is 21.6 Å². The Morgan fingerprint density at radius 1 is 1.00 bits per heavy atom. The average molecular weight is 693 g/mol. The molecule has 7 nitrogen and oxygen atoms in total. The van der Waals surface area contributed by atoms with E-state index in [4.69, 9.17) is 9.47 Å². The lowest BCUT2D eigenvalue weighted by Gasteiger charge is -2.28. The van der Waals surface area contributed by atoms with Gasteiger partial charge in [-0.25, -0.2) is 18.6 Å². The standard InChI is InChI=1S/C33H29F5N2O5S2/c1-32(2,3)45-31(41)40(47(42,43)33(36,37)38)14-15-46-30-24-7-5-4-6-22(24)19-44-29-13-9-20(16-25(29)30)8-11-23-12-10-21-17-26(34)27(35)18-28(21)39-23/h4-13,16-18,30H,14-15,19H2,1-3H3/b11-8+. The summed E-state index contributed by atoms with van der Waals surface area (Å²) in [6.07, 6.45) is 1.83. The summed E-state index contributed by atoms with van der Waals surface area (Å²) < 4.78 is 104. The minimum Gasteiger partial charge on any atom is -0.489 e. The monoisotopic (exact) mass is 692 g/mol. The van der Waals surface area contributed by atoms with Crippen LogP contribution < -0.4 is 4.74 Å². The lowest BCUT2D eigenvalue weighted by Crippen LogP contribution is -2.47. The third-order valence-electron chi connectivity index (χ3n) is 7.00. The van der Waals surface area contributed by atoms with E-state index in [1.165, 1.54) is 20.8 Å². The maximum Gasteiger partial charge on any atom is 0.516 e. The molecule has 1 amide bonds. The van der Waals surface area contributed by atoms with E-state index in [1.54, 1.807) is 36.4 Å². The quantitative estimate of drug-likeness (QED) is 0.180. The first-order valence-electron chi connectivity index (χ1n) is 14.3. The van der Waals surface area contributed by atoms with Crippen molar-refractivity contribution in [3.8, 4) is 5.75 Å². The lowest BCUT2D eigenvalue weighted by molar-refractivity contribution is -0.0498. The molecule has 1 aromatic heterocycles. The van der Waals surface area contributed by atoms with Gasteiger partial charge in [0.2, 0.25) is 0 Å². The van der Waals surface area contributed by atoms with Gasteiger partial charge in [-0.15, -0.1) is 11.8 Å². The molecule has 1 atom stereocenters. The van der Waals surface area contributed by atoms with E-state index in [1.807, 2.05) is 30.3 Å². The van der Waals surface area contributed by atoms with Crippen LogP contribution in [0.5, 0.6) is 5.75 Å². The predicted octanol–water partition coefficient (Wildman–Crippen LogP) is 8.49. The SMILES string of the molecule is CC(C)(C)OC(=O)N(CCSC1c2ccccc2COc2ccc(/C=C/c3ccc4cc(F)c(F)cc4n3)cc21)S(=O)(=O)C(F)(F)F. The minimum absolute atomic E-state index is 0.203. The molecular formula is C33H29F5N2O5S2. The number of sulfonamides is 1. The molecule has 0 fully saturated rings. The number of aromatic nitrogens is 1. The Hall–Kier alpha value is -4.17. The van der Waals surface area contributed by atoms with E-state index < -0.39 is 50.7 Å². The summed E-state index contributed by atoms with van der Waals surface area (Å²) in [5, 5.41) is -0.0715. The first-order chi connectivity index (χ1) is 22.0. The van der Waals surface area contributed by atoms with Crippen LogP contribution >= 0.6 is 11.8 Å². The molecule has 0 spiro atoms. The van der Waals surface area contributed by atoms with E-state index in [0.29, 0.717) is 28.0 Å². The molecule has 5 rings (SSSR count). The number of carbonyl (C=O) groups excluding carboxylic acids is 1. The van der Waals surface area contributed by atoms with Gasteiger partial charge in [-0.1, -0.05) is 42.5 Å². The molecule has 47 heavy (non-hydrogen) atoms. The highest BCUT2D eigenvalue weighted by atomic mass is 32.2. The van der Waals surface area contributed by atoms with Gasteiger partial charge in [-0.3, -0.25) is 0 Å². The smallest absolute Gasteiger partial charge is 0.489 e. The molecule has 2 heterocycles. The van der Waals surface area contributed by atoms with E-state index in [-0.39, 0.29) is 22.2 Å². The number of ether oxygens (including phenoxy) is 2. The molecule has 0 saturated heterocycles. The summed E-state index contributed by atoms with van der Waals surface area (Å²) in [6, 6.07) is 18.1. The Balaban J connectivity index is 1.45. The third-order valence-corrected chi connectivity index (χ3v) is 9.75. The first-order valence-corrected chi connectivity index (χ1v) is 16.7. The number of alkyl halides is 3. The van der Waals surface area contributed by atoms with Crippen LogP contribution in [-0.2, 0) is 21.4 Å². The number of thioether (sulfide) groups is 1. The number of rotatable bonds is 7. The van der Waals surface area contributed by atoms with E-state index in [9.17, 15) is 35.2 Å². The molecule has 4 aromatic rings. The predicted molar refractivity (Wildman–Crippen MR) is 170 cm³/mol. The van der Waals surface area contributed by atoms with Crippen molar-refractivity contribution in [2.75, 3.05) is 12.3 Å². The lowest BCUT2D eigenvalue weighted by atomic mass is 9.98. The molecule has 0 saturated carbocycles. The molecule has 1 aliphatic heterocycles. The summed E-state index contributed by atoms with van der Waals surface area (Å²) in [5.74, 6) is -1.66. The largest absolute Gasteiger partial charge is 0.516 e. The van der Waals surface area contributed by atoms with E-state index >= 15 is 0 Å². The van der Waals surface area contributed by atoms with E-state index in [0.717, 1.165) is 35.0 Å². The first kappa shape index (κ1) is 34.2. The van der Waals surface area contributed by atoms with Crippen molar-refractivity contribution in [1.82, 2.24) is 9.29 Å². The molecule has 14 heteroatoms. The molecule has 1 unspecified atom stereocenters. The van der Waals surface area contributed by atoms with Crippen molar-refractivity contribution in [3.63, 3.8) is 0 Å². The normalized spacial score (nSPS) is 15.1. The zero-order valence-corrected chi connectivity index (χ0v) is 27.0. The number of carbonyl (C=O) groups is 1. The van der Waals surface area contributed by atoms with Crippen LogP contribution in [0.3, 0.4) is 0 Å². The van der Waals surface area contributed by atoms with Crippen LogP contribution in [0.4, 0.5) is 26.7 Å². The highest BCUT2D eigenvalue weighted by Crippen LogP contribution is 2.45. The highest BCUT2D eigenvalue weighted by molar-refractivity contribution is 7.99. The van der Waals surface area contributed by atoms with Crippen molar-refractivity contribution >= 4 is 50.9 Å². The van der Waals surface area contributed by atoms with Gasteiger partial charge < -0.3 is 9.47 Å². The van der Waals surface area contributed by atoms with Gasteiger partial charge in [0.15, 0.2) is 11.6 Å². The highest BCUT2D eigenvalue weighted by Gasteiger charge is 2.52. The number of fused-ring (bicyclic) bond motifs is 3. The topological polar surface area (TPSA) is 85.8 Å². The Bertz CT molecular complexity index is 1960. The van der Waals surface area contributed by atoms with E-state index in [2.05, 4.69) is 4.98 Å². The number of hydrogen-bond donors (Lipinski definition) is 0. The second-order valence-electron chi connectivity index (χ2n) is 11.6. The fraction of sp³-hybridized carbons (Fsp3) is 0.273. The molecule has 1 aliphatic rings. The summed E-state index contributed by atoms with van der Waals surface area (Å²) in [4.78, 5) is 17.0. The molecule has 0 aliphatic carbocycles. The second kappa shape index (κ2) is 13.1. The summed E-state index contributed by atoms with van der Waals surface area (Å²) >= 11 is 1.15. The molecule has 3 aromatic carbocycles. The van der Waals surface area contributed by atoms with Crippen LogP contribution in [0.1, 0.15) is 54.0 Å². The van der Waals surface area contributed by atoms with Crippen molar-refractivity contribution < 1.29 is 44.6 Å². The van der Waals surface area contributed by atoms with Crippen molar-refractivity contribution in [3.05, 3.63) is 106 Å². The second-order valence-corrected chi connectivity index (χ2v) is 14.6. The number of nitrogens with zero attached hydrogens (tertiary/aromatic N) is 2. The summed E-state index contributed by atoms with van der Waals surface area (Å²) in [6.45, 7) is 3.68. The minimum atomic E-state index is -6.03. The van der Waals surface area contributed by atoms with Crippen LogP contribution in [0.25, 0.3) is 23.1 Å². The maximum atomic E-state index is 13.8. The zero-order chi connectivity index (χ0) is 34.1. The van der Waals surface area contributed by atoms with Crippen molar-refractivity contribution in [2.45, 2.75) is 43.7 Å². The van der Waals surface area contributed by atoms with Crippen molar-refractivity contribution in [2.24, 2.45) is 0 Å². The average Bonchev–Trinajstić information content (AvgIpc) is 3.13. The molecule has 248 valence electrons. The maximum absolute atomic E-state index is 13.8. The van der Waals surface area contributed by atoms with Crippen LogP contribution in [0.15, 0.2) is 66.7 Å². The van der Waals surface area contributed by atoms with Crippen LogP contribution in [-0.4, -0.2) is 47.2 Å². The summed E-state index contributed by atoms with van der Waals surface area (Å²) in [7, 11) is -6.03. The Labute approximate surface area is 272 Å². The zero-order valence-electron chi connectivity index (χ0n) is 25.3.